The summed E-state index contributed by atoms with van der Waals surface area (Å²) in [6.45, 7) is 2.39. The first-order valence-electron chi connectivity index (χ1n) is 6.77. The quantitative estimate of drug-likeness (QED) is 0.351. The summed E-state index contributed by atoms with van der Waals surface area (Å²) in [5, 5.41) is 21.6. The zero-order chi connectivity index (χ0) is 17.2. The number of rotatable bonds is 6. The van der Waals surface area contributed by atoms with E-state index in [-0.39, 0.29) is 30.5 Å². The molecule has 0 aromatic heterocycles. The highest BCUT2D eigenvalue weighted by Crippen LogP contribution is 2.39. The van der Waals surface area contributed by atoms with Crippen molar-refractivity contribution in [2.75, 3.05) is 13.4 Å². The molecule has 1 unspecified atom stereocenters. The van der Waals surface area contributed by atoms with Gasteiger partial charge in [-0.2, -0.15) is 0 Å². The molecule has 0 saturated heterocycles. The molecule has 2 rings (SSSR count). The Morgan fingerprint density at radius 3 is 2.52 bits per heavy atom. The number of benzene rings is 1. The number of aliphatic hydroxyl groups is 1. The highest BCUT2D eigenvalue weighted by Gasteiger charge is 2.44. The molecule has 23 heavy (non-hydrogen) atoms. The molecule has 0 radical (unpaired) electrons. The Labute approximate surface area is 130 Å². The molecule has 1 aromatic rings. The maximum Gasteiger partial charge on any atom is 0.346 e. The van der Waals surface area contributed by atoms with Crippen LogP contribution in [0.15, 0.2) is 12.1 Å². The molecule has 0 bridgehead atoms. The summed E-state index contributed by atoms with van der Waals surface area (Å²) >= 11 is 0. The normalized spacial score (nSPS) is 14.9. The standard InChI is InChI=1S/C14H15NO8/c1-3-21-13(17)14(18,8(2)16)6-9-4-11-12(23-7-22-11)5-10(9)15(19)20/h4-5,18H,3,6-7H2,1-2H3. The van der Waals surface area contributed by atoms with Crippen molar-refractivity contribution in [1.29, 1.82) is 0 Å². The molecular weight excluding hydrogens is 310 g/mol. The topological polar surface area (TPSA) is 125 Å². The summed E-state index contributed by atoms with van der Waals surface area (Å²) in [6, 6.07) is 2.40. The molecular formula is C14H15NO8. The van der Waals surface area contributed by atoms with Crippen LogP contribution in [0.5, 0.6) is 11.5 Å². The lowest BCUT2D eigenvalue weighted by Gasteiger charge is -2.22. The Morgan fingerprint density at radius 1 is 1.39 bits per heavy atom. The Balaban J connectivity index is 2.46. The van der Waals surface area contributed by atoms with Crippen molar-refractivity contribution in [1.82, 2.24) is 0 Å². The van der Waals surface area contributed by atoms with E-state index < -0.39 is 34.4 Å². The number of nitro benzene ring substituents is 1. The number of hydrogen-bond acceptors (Lipinski definition) is 8. The van der Waals surface area contributed by atoms with Gasteiger partial charge in [0.05, 0.1) is 17.6 Å². The van der Waals surface area contributed by atoms with Gasteiger partial charge in [0.2, 0.25) is 12.4 Å². The number of carbonyl (C=O) groups excluding carboxylic acids is 2. The smallest absolute Gasteiger partial charge is 0.346 e. The molecule has 1 N–H and O–H groups in total. The zero-order valence-corrected chi connectivity index (χ0v) is 12.5. The van der Waals surface area contributed by atoms with Gasteiger partial charge in [-0.05, 0) is 19.9 Å². The van der Waals surface area contributed by atoms with Crippen molar-refractivity contribution < 1.29 is 33.8 Å². The molecule has 0 fully saturated rings. The van der Waals surface area contributed by atoms with Crippen LogP contribution in [-0.4, -0.2) is 40.8 Å². The van der Waals surface area contributed by atoms with E-state index in [9.17, 15) is 24.8 Å². The highest BCUT2D eigenvalue weighted by atomic mass is 16.7. The van der Waals surface area contributed by atoms with Crippen LogP contribution >= 0.6 is 0 Å². The SMILES string of the molecule is CCOC(=O)C(O)(Cc1cc2c(cc1[N+](=O)[O-])OCO2)C(C)=O. The first-order valence-corrected chi connectivity index (χ1v) is 6.77. The number of Topliss-reactive ketones (excluding diaryl/α,β-unsaturated/α-hetero) is 1. The number of nitrogens with zero attached hydrogens (tertiary/aromatic N) is 1. The minimum atomic E-state index is -2.51. The van der Waals surface area contributed by atoms with Gasteiger partial charge in [0.1, 0.15) is 0 Å². The fraction of sp³-hybridized carbons (Fsp3) is 0.429. The Morgan fingerprint density at radius 2 is 2.00 bits per heavy atom. The number of hydrogen-bond donors (Lipinski definition) is 1. The summed E-state index contributed by atoms with van der Waals surface area (Å²) in [7, 11) is 0. The summed E-state index contributed by atoms with van der Waals surface area (Å²) in [4.78, 5) is 34.1. The lowest BCUT2D eigenvalue weighted by atomic mass is 9.90. The molecule has 1 atom stereocenters. The van der Waals surface area contributed by atoms with Crippen molar-refractivity contribution >= 4 is 17.4 Å². The number of fused-ring (bicyclic) bond motifs is 1. The van der Waals surface area contributed by atoms with Gasteiger partial charge in [-0.1, -0.05) is 0 Å². The van der Waals surface area contributed by atoms with Gasteiger partial charge in [-0.25, -0.2) is 4.79 Å². The maximum absolute atomic E-state index is 11.9. The third kappa shape index (κ3) is 3.09. The second-order valence-electron chi connectivity index (χ2n) is 4.90. The number of esters is 1. The molecule has 9 heteroatoms. The van der Waals surface area contributed by atoms with Crippen molar-refractivity contribution in [3.05, 3.63) is 27.8 Å². The molecule has 0 saturated carbocycles. The molecule has 9 nitrogen and oxygen atoms in total. The number of ether oxygens (including phenoxy) is 3. The predicted octanol–water partition coefficient (Wildman–Crippen LogP) is 0.749. The van der Waals surface area contributed by atoms with Crippen LogP contribution in [0.3, 0.4) is 0 Å². The first-order chi connectivity index (χ1) is 10.8. The van der Waals surface area contributed by atoms with E-state index in [0.717, 1.165) is 13.0 Å². The highest BCUT2D eigenvalue weighted by molar-refractivity contribution is 6.06. The van der Waals surface area contributed by atoms with E-state index in [1.807, 2.05) is 0 Å². The fourth-order valence-electron chi connectivity index (χ4n) is 2.15. The van der Waals surface area contributed by atoms with E-state index in [1.165, 1.54) is 13.0 Å². The Kier molecular flexibility index (Phi) is 4.50. The van der Waals surface area contributed by atoms with Gasteiger partial charge in [-0.3, -0.25) is 14.9 Å². The van der Waals surface area contributed by atoms with Crippen LogP contribution in [0.25, 0.3) is 0 Å². The van der Waals surface area contributed by atoms with Gasteiger partial charge in [0.15, 0.2) is 17.3 Å². The Hall–Kier alpha value is -2.68. The summed E-state index contributed by atoms with van der Waals surface area (Å²) in [5.74, 6) is -1.61. The van der Waals surface area contributed by atoms with Crippen LogP contribution in [0, 0.1) is 10.1 Å². The largest absolute Gasteiger partial charge is 0.464 e. The lowest BCUT2D eigenvalue weighted by Crippen LogP contribution is -2.48. The van der Waals surface area contributed by atoms with E-state index in [1.54, 1.807) is 0 Å². The molecule has 1 aliphatic rings. The fourth-order valence-corrected chi connectivity index (χ4v) is 2.15. The van der Waals surface area contributed by atoms with Gasteiger partial charge in [0.25, 0.3) is 5.69 Å². The molecule has 1 aromatic carbocycles. The minimum Gasteiger partial charge on any atom is -0.464 e. The monoisotopic (exact) mass is 325 g/mol. The molecule has 0 amide bonds. The van der Waals surface area contributed by atoms with Crippen LogP contribution in [0.1, 0.15) is 19.4 Å². The van der Waals surface area contributed by atoms with Crippen molar-refractivity contribution in [2.24, 2.45) is 0 Å². The van der Waals surface area contributed by atoms with Crippen molar-refractivity contribution in [3.8, 4) is 11.5 Å². The molecule has 0 spiro atoms. The number of carbonyl (C=O) groups is 2. The number of nitro groups is 1. The molecule has 1 heterocycles. The van der Waals surface area contributed by atoms with Crippen molar-refractivity contribution in [2.45, 2.75) is 25.9 Å². The van der Waals surface area contributed by atoms with Gasteiger partial charge in [0, 0.05) is 12.0 Å². The van der Waals surface area contributed by atoms with Crippen LogP contribution in [0.4, 0.5) is 5.69 Å². The van der Waals surface area contributed by atoms with Gasteiger partial charge in [-0.15, -0.1) is 0 Å². The zero-order valence-electron chi connectivity index (χ0n) is 12.5. The number of ketones is 1. The third-order valence-corrected chi connectivity index (χ3v) is 3.41. The van der Waals surface area contributed by atoms with E-state index in [0.29, 0.717) is 0 Å². The maximum atomic E-state index is 11.9. The minimum absolute atomic E-state index is 0.0370. The van der Waals surface area contributed by atoms with Gasteiger partial charge >= 0.3 is 5.97 Å². The van der Waals surface area contributed by atoms with Crippen molar-refractivity contribution in [3.63, 3.8) is 0 Å². The van der Waals surface area contributed by atoms with Crippen LogP contribution in [-0.2, 0) is 20.7 Å². The van der Waals surface area contributed by atoms with E-state index in [4.69, 9.17) is 14.2 Å². The lowest BCUT2D eigenvalue weighted by molar-refractivity contribution is -0.385. The molecule has 0 aliphatic carbocycles. The third-order valence-electron chi connectivity index (χ3n) is 3.41. The average Bonchev–Trinajstić information content (AvgIpc) is 2.93. The van der Waals surface area contributed by atoms with Crippen LogP contribution in [0.2, 0.25) is 0 Å². The summed E-state index contributed by atoms with van der Waals surface area (Å²) in [5.41, 5.74) is -2.93. The summed E-state index contributed by atoms with van der Waals surface area (Å²) in [6.07, 6.45) is -0.603. The van der Waals surface area contributed by atoms with E-state index >= 15 is 0 Å². The molecule has 1 aliphatic heterocycles. The van der Waals surface area contributed by atoms with Gasteiger partial charge < -0.3 is 19.3 Å². The predicted molar refractivity (Wildman–Crippen MR) is 75.2 cm³/mol. The second-order valence-corrected chi connectivity index (χ2v) is 4.90. The second kappa shape index (κ2) is 6.21. The van der Waals surface area contributed by atoms with Crippen LogP contribution < -0.4 is 9.47 Å². The average molecular weight is 325 g/mol. The Bertz CT molecular complexity index is 671. The van der Waals surface area contributed by atoms with E-state index in [2.05, 4.69) is 0 Å². The molecule has 124 valence electrons. The summed E-state index contributed by atoms with van der Waals surface area (Å²) < 4.78 is 14.9. The first kappa shape index (κ1) is 16.7.